The lowest BCUT2D eigenvalue weighted by atomic mass is 10.1. The quantitative estimate of drug-likeness (QED) is 0.587. The molecular formula is C14H18O2. The largest absolute Gasteiger partial charge is 0.396 e. The normalized spacial score (nSPS) is 9.62. The van der Waals surface area contributed by atoms with Gasteiger partial charge < -0.3 is 10.2 Å². The number of aliphatic hydroxyl groups is 2. The van der Waals surface area contributed by atoms with Crippen LogP contribution in [0.25, 0.3) is 0 Å². The summed E-state index contributed by atoms with van der Waals surface area (Å²) in [4.78, 5) is 0. The van der Waals surface area contributed by atoms with E-state index in [9.17, 15) is 0 Å². The van der Waals surface area contributed by atoms with Gasteiger partial charge in [-0.05, 0) is 24.5 Å². The van der Waals surface area contributed by atoms with Gasteiger partial charge in [-0.15, -0.1) is 0 Å². The van der Waals surface area contributed by atoms with Gasteiger partial charge in [-0.1, -0.05) is 36.5 Å². The first kappa shape index (κ1) is 12.8. The van der Waals surface area contributed by atoms with E-state index in [1.165, 1.54) is 0 Å². The van der Waals surface area contributed by atoms with Crippen molar-refractivity contribution in [3.63, 3.8) is 0 Å². The van der Waals surface area contributed by atoms with Crippen LogP contribution >= 0.6 is 0 Å². The van der Waals surface area contributed by atoms with E-state index in [1.54, 1.807) is 0 Å². The number of hydrogen-bond acceptors (Lipinski definition) is 2. The molecule has 0 fully saturated rings. The Hall–Kier alpha value is -1.30. The van der Waals surface area contributed by atoms with E-state index >= 15 is 0 Å². The Morgan fingerprint density at radius 2 is 1.81 bits per heavy atom. The summed E-state index contributed by atoms with van der Waals surface area (Å²) >= 11 is 0. The van der Waals surface area contributed by atoms with Crippen LogP contribution in [-0.2, 0) is 6.61 Å². The van der Waals surface area contributed by atoms with Crippen LogP contribution in [0.4, 0.5) is 0 Å². The Morgan fingerprint density at radius 1 is 1.00 bits per heavy atom. The smallest absolute Gasteiger partial charge is 0.0694 e. The van der Waals surface area contributed by atoms with Gasteiger partial charge in [0.05, 0.1) is 6.61 Å². The Bertz CT molecular complexity index is 360. The summed E-state index contributed by atoms with van der Waals surface area (Å²) in [5, 5.41) is 17.7. The zero-order valence-corrected chi connectivity index (χ0v) is 9.45. The minimum absolute atomic E-state index is 0.0371. The average Bonchev–Trinajstić information content (AvgIpc) is 2.34. The van der Waals surface area contributed by atoms with Gasteiger partial charge in [0.1, 0.15) is 0 Å². The maximum Gasteiger partial charge on any atom is 0.0694 e. The van der Waals surface area contributed by atoms with Crippen LogP contribution in [0.2, 0.25) is 0 Å². The molecule has 0 radical (unpaired) electrons. The highest BCUT2D eigenvalue weighted by atomic mass is 16.3. The van der Waals surface area contributed by atoms with Gasteiger partial charge in [0, 0.05) is 18.6 Å². The SMILES string of the molecule is OCCCCCC#Cc1ccccc1CO. The van der Waals surface area contributed by atoms with E-state index in [1.807, 2.05) is 24.3 Å². The van der Waals surface area contributed by atoms with Crippen molar-refractivity contribution in [2.24, 2.45) is 0 Å². The third-order valence-electron chi connectivity index (χ3n) is 2.37. The molecule has 0 aromatic heterocycles. The van der Waals surface area contributed by atoms with Gasteiger partial charge in [-0.3, -0.25) is 0 Å². The van der Waals surface area contributed by atoms with Crippen molar-refractivity contribution in [3.8, 4) is 11.8 Å². The Balaban J connectivity index is 2.43. The second-order valence-electron chi connectivity index (χ2n) is 3.65. The molecule has 2 N–H and O–H groups in total. The number of benzene rings is 1. The Labute approximate surface area is 96.9 Å². The molecule has 0 saturated heterocycles. The average molecular weight is 218 g/mol. The molecule has 0 bridgehead atoms. The predicted molar refractivity (Wildman–Crippen MR) is 64.8 cm³/mol. The number of rotatable bonds is 5. The monoisotopic (exact) mass is 218 g/mol. The fraction of sp³-hybridized carbons (Fsp3) is 0.429. The summed E-state index contributed by atoms with van der Waals surface area (Å²) in [6.45, 7) is 0.302. The topological polar surface area (TPSA) is 40.5 Å². The highest BCUT2D eigenvalue weighted by Crippen LogP contribution is 2.07. The van der Waals surface area contributed by atoms with Crippen LogP contribution < -0.4 is 0 Å². The van der Waals surface area contributed by atoms with Crippen molar-refractivity contribution in [1.82, 2.24) is 0 Å². The minimum atomic E-state index is 0.0371. The number of unbranched alkanes of at least 4 members (excludes halogenated alkanes) is 3. The van der Waals surface area contributed by atoms with Crippen molar-refractivity contribution < 1.29 is 10.2 Å². The number of hydrogen-bond donors (Lipinski definition) is 2. The van der Waals surface area contributed by atoms with E-state index in [2.05, 4.69) is 11.8 Å². The first-order valence-electron chi connectivity index (χ1n) is 5.67. The Morgan fingerprint density at radius 3 is 2.56 bits per heavy atom. The molecule has 16 heavy (non-hydrogen) atoms. The van der Waals surface area contributed by atoms with E-state index in [0.717, 1.165) is 36.8 Å². The van der Waals surface area contributed by atoms with E-state index in [-0.39, 0.29) is 13.2 Å². The molecule has 0 aliphatic heterocycles. The predicted octanol–water partition coefficient (Wildman–Crippen LogP) is 2.08. The molecule has 1 rings (SSSR count). The molecule has 0 spiro atoms. The van der Waals surface area contributed by atoms with Crippen molar-refractivity contribution >= 4 is 0 Å². The summed E-state index contributed by atoms with van der Waals surface area (Å²) in [5.41, 5.74) is 1.79. The van der Waals surface area contributed by atoms with Crippen molar-refractivity contribution in [2.75, 3.05) is 6.61 Å². The Kier molecular flexibility index (Phi) is 6.32. The summed E-state index contributed by atoms with van der Waals surface area (Å²) in [6.07, 6.45) is 3.75. The molecule has 1 aromatic rings. The molecule has 0 aliphatic carbocycles. The highest BCUT2D eigenvalue weighted by Gasteiger charge is 1.95. The number of aliphatic hydroxyl groups excluding tert-OH is 2. The maximum absolute atomic E-state index is 9.10. The van der Waals surface area contributed by atoms with Crippen LogP contribution in [0.3, 0.4) is 0 Å². The minimum Gasteiger partial charge on any atom is -0.396 e. The molecule has 0 amide bonds. The zero-order valence-electron chi connectivity index (χ0n) is 9.45. The lowest BCUT2D eigenvalue weighted by Crippen LogP contribution is -1.88. The fourth-order valence-corrected chi connectivity index (χ4v) is 1.44. The highest BCUT2D eigenvalue weighted by molar-refractivity contribution is 5.40. The van der Waals surface area contributed by atoms with Crippen LogP contribution in [-0.4, -0.2) is 16.8 Å². The van der Waals surface area contributed by atoms with E-state index in [0.29, 0.717) is 0 Å². The van der Waals surface area contributed by atoms with E-state index in [4.69, 9.17) is 10.2 Å². The lowest BCUT2D eigenvalue weighted by Gasteiger charge is -1.98. The molecule has 0 atom stereocenters. The summed E-state index contributed by atoms with van der Waals surface area (Å²) in [5.74, 6) is 6.16. The lowest BCUT2D eigenvalue weighted by molar-refractivity contribution is 0.281. The van der Waals surface area contributed by atoms with Gasteiger partial charge in [-0.25, -0.2) is 0 Å². The van der Waals surface area contributed by atoms with Crippen molar-refractivity contribution in [1.29, 1.82) is 0 Å². The second-order valence-corrected chi connectivity index (χ2v) is 3.65. The first-order chi connectivity index (χ1) is 7.88. The van der Waals surface area contributed by atoms with Gasteiger partial charge in [0.15, 0.2) is 0 Å². The molecule has 0 aliphatic rings. The van der Waals surface area contributed by atoms with Gasteiger partial charge in [0.2, 0.25) is 0 Å². The molecule has 0 heterocycles. The fourth-order valence-electron chi connectivity index (χ4n) is 1.44. The standard InChI is InChI=1S/C14H18O2/c15-11-7-3-1-2-4-8-13-9-5-6-10-14(13)12-16/h5-6,9-10,15-16H,1-3,7,11-12H2. The van der Waals surface area contributed by atoms with Gasteiger partial charge in [-0.2, -0.15) is 0 Å². The molecule has 2 heteroatoms. The molecular weight excluding hydrogens is 200 g/mol. The zero-order chi connectivity index (χ0) is 11.6. The molecule has 2 nitrogen and oxygen atoms in total. The summed E-state index contributed by atoms with van der Waals surface area (Å²) < 4.78 is 0. The molecule has 86 valence electrons. The van der Waals surface area contributed by atoms with Gasteiger partial charge >= 0.3 is 0 Å². The second kappa shape index (κ2) is 7.92. The first-order valence-corrected chi connectivity index (χ1v) is 5.67. The third-order valence-corrected chi connectivity index (χ3v) is 2.37. The van der Waals surface area contributed by atoms with Crippen molar-refractivity contribution in [3.05, 3.63) is 35.4 Å². The third kappa shape index (κ3) is 4.48. The van der Waals surface area contributed by atoms with Crippen molar-refractivity contribution in [2.45, 2.75) is 32.3 Å². The molecule has 0 unspecified atom stereocenters. The maximum atomic E-state index is 9.10. The summed E-state index contributed by atoms with van der Waals surface area (Å²) in [7, 11) is 0. The van der Waals surface area contributed by atoms with Crippen LogP contribution in [0.15, 0.2) is 24.3 Å². The van der Waals surface area contributed by atoms with Crippen LogP contribution in [0.1, 0.15) is 36.8 Å². The van der Waals surface area contributed by atoms with Crippen LogP contribution in [0.5, 0.6) is 0 Å². The van der Waals surface area contributed by atoms with Gasteiger partial charge in [0.25, 0.3) is 0 Å². The molecule has 0 saturated carbocycles. The van der Waals surface area contributed by atoms with Crippen LogP contribution in [0, 0.1) is 11.8 Å². The summed E-state index contributed by atoms with van der Waals surface area (Å²) in [6, 6.07) is 7.63. The van der Waals surface area contributed by atoms with E-state index < -0.39 is 0 Å². The molecule has 1 aromatic carbocycles.